The molecule has 2 fully saturated rings. The highest BCUT2D eigenvalue weighted by molar-refractivity contribution is 4.86. The molecule has 0 bridgehead atoms. The third-order valence-electron chi connectivity index (χ3n) is 7.02. The van der Waals surface area contributed by atoms with Crippen LogP contribution in [0.25, 0.3) is 0 Å². The normalized spacial score (nSPS) is 27.4. The summed E-state index contributed by atoms with van der Waals surface area (Å²) in [5.74, 6) is 0.749. The van der Waals surface area contributed by atoms with Gasteiger partial charge in [-0.05, 0) is 44.4 Å². The van der Waals surface area contributed by atoms with E-state index in [4.69, 9.17) is 9.47 Å². The molecule has 30 heavy (non-hydrogen) atoms. The van der Waals surface area contributed by atoms with Crippen LogP contribution in [0.1, 0.15) is 117 Å². The number of ether oxygens (including phenoxy) is 2. The fraction of sp³-hybridized carbons (Fsp3) is 1.00. The van der Waals surface area contributed by atoms with Gasteiger partial charge in [-0.15, -0.1) is 0 Å². The first-order valence-corrected chi connectivity index (χ1v) is 13.5. The lowest BCUT2D eigenvalue weighted by Gasteiger charge is -2.39. The van der Waals surface area contributed by atoms with Gasteiger partial charge in [-0.2, -0.15) is 0 Å². The predicted octanol–water partition coefficient (Wildman–Crippen LogP) is 6.19. The molecule has 0 radical (unpaired) electrons. The zero-order chi connectivity index (χ0) is 21.3. The predicted molar refractivity (Wildman–Crippen MR) is 128 cm³/mol. The van der Waals surface area contributed by atoms with E-state index in [1.807, 2.05) is 0 Å². The Hall–Kier alpha value is -0.160. The Morgan fingerprint density at radius 1 is 0.567 bits per heavy atom. The van der Waals surface area contributed by atoms with Gasteiger partial charge in [-0.3, -0.25) is 10.6 Å². The van der Waals surface area contributed by atoms with Crippen LogP contribution in [-0.2, 0) is 9.47 Å². The summed E-state index contributed by atoms with van der Waals surface area (Å²) >= 11 is 0. The minimum absolute atomic E-state index is 0.341. The van der Waals surface area contributed by atoms with E-state index in [-0.39, 0.29) is 0 Å². The molecule has 2 N–H and O–H groups in total. The Morgan fingerprint density at radius 2 is 1.03 bits per heavy atom. The number of hydrogen-bond acceptors (Lipinski definition) is 4. The Balaban J connectivity index is 1.43. The molecule has 0 spiro atoms. The number of hydrogen-bond donors (Lipinski definition) is 2. The second-order valence-corrected chi connectivity index (χ2v) is 9.73. The maximum Gasteiger partial charge on any atom is 0.0824 e. The molecule has 1 saturated heterocycles. The Bertz CT molecular complexity index is 377. The Kier molecular flexibility index (Phi) is 15.1. The molecular weight excluding hydrogens is 372 g/mol. The third-order valence-corrected chi connectivity index (χ3v) is 7.02. The summed E-state index contributed by atoms with van der Waals surface area (Å²) in [4.78, 5) is 0. The van der Waals surface area contributed by atoms with Crippen molar-refractivity contribution in [2.24, 2.45) is 5.92 Å². The van der Waals surface area contributed by atoms with E-state index < -0.39 is 0 Å². The monoisotopic (exact) mass is 424 g/mol. The fourth-order valence-corrected chi connectivity index (χ4v) is 4.97. The average Bonchev–Trinajstić information content (AvgIpc) is 2.79. The first kappa shape index (κ1) is 26.1. The molecule has 178 valence electrons. The largest absolute Gasteiger partial charge is 0.378 e. The first-order chi connectivity index (χ1) is 14.8. The summed E-state index contributed by atoms with van der Waals surface area (Å²) in [6.07, 6.45) is 22.5. The van der Waals surface area contributed by atoms with Gasteiger partial charge in [0.1, 0.15) is 0 Å². The van der Waals surface area contributed by atoms with Crippen LogP contribution in [-0.4, -0.2) is 44.7 Å². The minimum atomic E-state index is 0.341. The van der Waals surface area contributed by atoms with Gasteiger partial charge in [0.25, 0.3) is 0 Å². The summed E-state index contributed by atoms with van der Waals surface area (Å²) in [6.45, 7) is 8.44. The second kappa shape index (κ2) is 17.4. The molecular formula is C26H52N2O2. The maximum atomic E-state index is 6.12. The summed E-state index contributed by atoms with van der Waals surface area (Å²) in [7, 11) is 0. The topological polar surface area (TPSA) is 42.5 Å². The van der Waals surface area contributed by atoms with Crippen LogP contribution in [0.2, 0.25) is 0 Å². The van der Waals surface area contributed by atoms with Crippen LogP contribution in [0.5, 0.6) is 0 Å². The van der Waals surface area contributed by atoms with Crippen molar-refractivity contribution in [3.8, 4) is 0 Å². The molecule has 1 heterocycles. The average molecular weight is 425 g/mol. The van der Waals surface area contributed by atoms with E-state index in [0.717, 1.165) is 32.2 Å². The van der Waals surface area contributed by atoms with Crippen LogP contribution >= 0.6 is 0 Å². The van der Waals surface area contributed by atoms with Gasteiger partial charge in [-0.1, -0.05) is 78.1 Å². The number of unbranched alkanes of at least 4 members (excludes halogenated alkanes) is 10. The molecule has 0 unspecified atom stereocenters. The highest BCUT2D eigenvalue weighted by Gasteiger charge is 2.30. The summed E-state index contributed by atoms with van der Waals surface area (Å²) < 4.78 is 12.2. The van der Waals surface area contributed by atoms with Gasteiger partial charge in [0.15, 0.2) is 0 Å². The van der Waals surface area contributed by atoms with E-state index in [9.17, 15) is 0 Å². The quantitative estimate of drug-likeness (QED) is 0.273. The van der Waals surface area contributed by atoms with Crippen molar-refractivity contribution in [1.29, 1.82) is 0 Å². The maximum absolute atomic E-state index is 6.12. The fourth-order valence-electron chi connectivity index (χ4n) is 4.97. The van der Waals surface area contributed by atoms with Crippen LogP contribution in [0.3, 0.4) is 0 Å². The second-order valence-electron chi connectivity index (χ2n) is 9.73. The Labute approximate surface area is 187 Å². The van der Waals surface area contributed by atoms with Crippen molar-refractivity contribution >= 4 is 0 Å². The molecule has 0 atom stereocenters. The zero-order valence-electron chi connectivity index (χ0n) is 20.3. The standard InChI is InChI=1S/C26H52N2O2/c1-3-5-7-9-10-11-12-14-20-30-25-21-27-26(28-22-25)23-15-17-24(18-16-23)29-19-13-8-6-4-2/h23-28H,3-22H2,1-2H3. The van der Waals surface area contributed by atoms with Crippen molar-refractivity contribution in [1.82, 2.24) is 10.6 Å². The smallest absolute Gasteiger partial charge is 0.0824 e. The molecule has 0 aromatic carbocycles. The zero-order valence-corrected chi connectivity index (χ0v) is 20.3. The SMILES string of the molecule is CCCCCCCCCCOC1CNC(C2CCC(OCCCCCC)CC2)NC1. The van der Waals surface area contributed by atoms with Crippen molar-refractivity contribution < 1.29 is 9.47 Å². The van der Waals surface area contributed by atoms with Crippen molar-refractivity contribution in [2.45, 2.75) is 135 Å². The van der Waals surface area contributed by atoms with Gasteiger partial charge in [0.05, 0.1) is 18.4 Å². The molecule has 2 rings (SSSR count). The molecule has 4 nitrogen and oxygen atoms in total. The molecule has 1 saturated carbocycles. The Morgan fingerprint density at radius 3 is 1.60 bits per heavy atom. The van der Waals surface area contributed by atoms with Gasteiger partial charge in [-0.25, -0.2) is 0 Å². The van der Waals surface area contributed by atoms with E-state index in [1.54, 1.807) is 0 Å². The van der Waals surface area contributed by atoms with Crippen LogP contribution in [0, 0.1) is 5.92 Å². The summed E-state index contributed by atoms with van der Waals surface area (Å²) in [6, 6.07) is 0. The molecule has 1 aliphatic heterocycles. The van der Waals surface area contributed by atoms with Gasteiger partial charge >= 0.3 is 0 Å². The van der Waals surface area contributed by atoms with Crippen LogP contribution < -0.4 is 10.6 Å². The van der Waals surface area contributed by atoms with Gasteiger partial charge < -0.3 is 9.47 Å². The molecule has 0 aromatic heterocycles. The number of nitrogens with one attached hydrogen (secondary N) is 2. The van der Waals surface area contributed by atoms with E-state index in [0.29, 0.717) is 18.4 Å². The van der Waals surface area contributed by atoms with Crippen molar-refractivity contribution in [3.05, 3.63) is 0 Å². The molecule has 4 heteroatoms. The van der Waals surface area contributed by atoms with Gasteiger partial charge in [0.2, 0.25) is 0 Å². The molecule has 2 aliphatic rings. The third kappa shape index (κ3) is 11.5. The van der Waals surface area contributed by atoms with Crippen LogP contribution in [0.4, 0.5) is 0 Å². The highest BCUT2D eigenvalue weighted by atomic mass is 16.5. The lowest BCUT2D eigenvalue weighted by atomic mass is 9.84. The van der Waals surface area contributed by atoms with E-state index in [1.165, 1.54) is 103 Å². The van der Waals surface area contributed by atoms with E-state index in [2.05, 4.69) is 24.5 Å². The summed E-state index contributed by atoms with van der Waals surface area (Å²) in [5, 5.41) is 7.45. The summed E-state index contributed by atoms with van der Waals surface area (Å²) in [5.41, 5.74) is 0. The van der Waals surface area contributed by atoms with Crippen molar-refractivity contribution in [3.63, 3.8) is 0 Å². The van der Waals surface area contributed by atoms with Gasteiger partial charge in [0, 0.05) is 26.3 Å². The van der Waals surface area contributed by atoms with Crippen LogP contribution in [0.15, 0.2) is 0 Å². The molecule has 0 aromatic rings. The molecule has 1 aliphatic carbocycles. The lowest BCUT2D eigenvalue weighted by Crippen LogP contribution is -2.59. The number of rotatable bonds is 17. The minimum Gasteiger partial charge on any atom is -0.378 e. The highest BCUT2D eigenvalue weighted by Crippen LogP contribution is 2.28. The van der Waals surface area contributed by atoms with E-state index >= 15 is 0 Å². The first-order valence-electron chi connectivity index (χ1n) is 13.5. The lowest BCUT2D eigenvalue weighted by molar-refractivity contribution is -0.00280. The molecule has 0 amide bonds. The van der Waals surface area contributed by atoms with Crippen molar-refractivity contribution in [2.75, 3.05) is 26.3 Å².